The van der Waals surface area contributed by atoms with Crippen LogP contribution in [0.3, 0.4) is 0 Å². The second-order valence-corrected chi connectivity index (χ2v) is 5.57. The van der Waals surface area contributed by atoms with Crippen molar-refractivity contribution in [2.45, 2.75) is 26.3 Å². The van der Waals surface area contributed by atoms with E-state index in [2.05, 4.69) is 22.5 Å². The first-order valence-corrected chi connectivity index (χ1v) is 6.70. The molecule has 5 nitrogen and oxygen atoms in total. The summed E-state index contributed by atoms with van der Waals surface area (Å²) in [4.78, 5) is 23.6. The van der Waals surface area contributed by atoms with Gasteiger partial charge in [0.25, 0.3) is 5.91 Å². The minimum atomic E-state index is -0.320. The summed E-state index contributed by atoms with van der Waals surface area (Å²) in [6.07, 6.45) is 0. The maximum atomic E-state index is 12.0. The number of hydrogen-bond acceptors (Lipinski definition) is 3. The molecule has 0 aliphatic carbocycles. The van der Waals surface area contributed by atoms with Crippen LogP contribution in [0.2, 0.25) is 0 Å². The molecule has 0 unspecified atom stereocenters. The van der Waals surface area contributed by atoms with Crippen molar-refractivity contribution < 1.29 is 9.59 Å². The second kappa shape index (κ2) is 7.46. The lowest BCUT2D eigenvalue weighted by Crippen LogP contribution is -2.45. The summed E-state index contributed by atoms with van der Waals surface area (Å²) in [5.41, 5.74) is 6.16. The van der Waals surface area contributed by atoms with Gasteiger partial charge in [-0.25, -0.2) is 0 Å². The predicted molar refractivity (Wildman–Crippen MR) is 82.6 cm³/mol. The summed E-state index contributed by atoms with van der Waals surface area (Å²) in [6.45, 7) is 5.85. The Hall–Kier alpha value is -2.32. The molecule has 0 saturated heterocycles. The Bertz CT molecular complexity index is 577. The van der Waals surface area contributed by atoms with Crippen molar-refractivity contribution in [3.63, 3.8) is 0 Å². The van der Waals surface area contributed by atoms with Gasteiger partial charge in [-0.3, -0.25) is 9.59 Å². The van der Waals surface area contributed by atoms with Crippen molar-refractivity contribution >= 4 is 11.8 Å². The van der Waals surface area contributed by atoms with E-state index >= 15 is 0 Å². The summed E-state index contributed by atoms with van der Waals surface area (Å²) >= 11 is 0. The van der Waals surface area contributed by atoms with Crippen LogP contribution < -0.4 is 16.4 Å². The van der Waals surface area contributed by atoms with Crippen LogP contribution >= 0.6 is 0 Å². The molecular formula is C16H21N3O2. The van der Waals surface area contributed by atoms with E-state index in [0.29, 0.717) is 11.1 Å². The van der Waals surface area contributed by atoms with E-state index < -0.39 is 0 Å². The van der Waals surface area contributed by atoms with Crippen molar-refractivity contribution in [1.82, 2.24) is 10.6 Å². The summed E-state index contributed by atoms with van der Waals surface area (Å²) < 4.78 is 0. The van der Waals surface area contributed by atoms with Gasteiger partial charge in [0.15, 0.2) is 0 Å². The number of rotatable bonds is 3. The van der Waals surface area contributed by atoms with Gasteiger partial charge in [-0.1, -0.05) is 17.9 Å². The fourth-order valence-electron chi connectivity index (χ4n) is 1.62. The molecule has 0 bridgehead atoms. The molecule has 4 N–H and O–H groups in total. The zero-order valence-corrected chi connectivity index (χ0v) is 12.6. The van der Waals surface area contributed by atoms with Gasteiger partial charge in [0.1, 0.15) is 0 Å². The topological polar surface area (TPSA) is 84.2 Å². The Morgan fingerprint density at radius 1 is 1.29 bits per heavy atom. The van der Waals surface area contributed by atoms with Crippen LogP contribution in [0.5, 0.6) is 0 Å². The zero-order chi connectivity index (χ0) is 15.9. The Balaban J connectivity index is 2.62. The summed E-state index contributed by atoms with van der Waals surface area (Å²) in [6, 6.07) is 6.88. The summed E-state index contributed by atoms with van der Waals surface area (Å²) in [5, 5.41) is 5.36. The highest BCUT2D eigenvalue weighted by molar-refractivity contribution is 5.96. The molecular weight excluding hydrogens is 266 g/mol. The Morgan fingerprint density at radius 2 is 2.00 bits per heavy atom. The molecule has 21 heavy (non-hydrogen) atoms. The monoisotopic (exact) mass is 287 g/mol. The van der Waals surface area contributed by atoms with Gasteiger partial charge in [0.05, 0.1) is 13.1 Å². The smallest absolute Gasteiger partial charge is 0.251 e. The predicted octanol–water partition coefficient (Wildman–Crippen LogP) is 0.641. The molecule has 112 valence electrons. The third-order valence-electron chi connectivity index (χ3n) is 2.38. The van der Waals surface area contributed by atoms with Crippen LogP contribution in [0, 0.1) is 11.8 Å². The van der Waals surface area contributed by atoms with Gasteiger partial charge < -0.3 is 16.4 Å². The van der Waals surface area contributed by atoms with Gasteiger partial charge in [-0.15, -0.1) is 0 Å². The Kier molecular flexibility index (Phi) is 5.94. The van der Waals surface area contributed by atoms with Gasteiger partial charge >= 0.3 is 0 Å². The van der Waals surface area contributed by atoms with E-state index in [4.69, 9.17) is 5.73 Å². The number of carbonyl (C=O) groups excluding carboxylic acids is 2. The summed E-state index contributed by atoms with van der Waals surface area (Å²) in [5.74, 6) is 5.05. The van der Waals surface area contributed by atoms with Gasteiger partial charge in [-0.05, 0) is 39.0 Å². The zero-order valence-electron chi connectivity index (χ0n) is 12.6. The van der Waals surface area contributed by atoms with E-state index in [1.54, 1.807) is 24.3 Å². The van der Waals surface area contributed by atoms with E-state index in [1.807, 2.05) is 20.8 Å². The lowest BCUT2D eigenvalue weighted by Gasteiger charge is -2.20. The standard InChI is InChI=1S/C16H21N3O2/c1-16(2,3)19-14(20)11-18-15(21)13-8-4-6-12(10-13)7-5-9-17/h4,6,8,10H,9,11,17H2,1-3H3,(H,18,21)(H,19,20). The highest BCUT2D eigenvalue weighted by Gasteiger charge is 2.14. The third kappa shape index (κ3) is 6.59. The highest BCUT2D eigenvalue weighted by Crippen LogP contribution is 2.04. The van der Waals surface area contributed by atoms with Crippen molar-refractivity contribution in [1.29, 1.82) is 0 Å². The van der Waals surface area contributed by atoms with Crippen molar-refractivity contribution in [3.05, 3.63) is 35.4 Å². The molecule has 0 aliphatic heterocycles. The number of nitrogens with one attached hydrogen (secondary N) is 2. The minimum absolute atomic E-state index is 0.0607. The number of hydrogen-bond donors (Lipinski definition) is 3. The number of nitrogens with two attached hydrogens (primary N) is 1. The number of carbonyl (C=O) groups is 2. The lowest BCUT2D eigenvalue weighted by atomic mass is 10.1. The quantitative estimate of drug-likeness (QED) is 0.713. The minimum Gasteiger partial charge on any atom is -0.350 e. The van der Waals surface area contributed by atoms with Crippen LogP contribution in [-0.2, 0) is 4.79 Å². The number of benzene rings is 1. The van der Waals surface area contributed by atoms with E-state index in [0.717, 1.165) is 0 Å². The van der Waals surface area contributed by atoms with Gasteiger partial charge in [0.2, 0.25) is 5.91 Å². The van der Waals surface area contributed by atoms with E-state index in [-0.39, 0.29) is 30.4 Å². The van der Waals surface area contributed by atoms with Gasteiger partial charge in [0, 0.05) is 16.7 Å². The van der Waals surface area contributed by atoms with Crippen LogP contribution in [-0.4, -0.2) is 30.4 Å². The third-order valence-corrected chi connectivity index (χ3v) is 2.38. The lowest BCUT2D eigenvalue weighted by molar-refractivity contribution is -0.121. The summed E-state index contributed by atoms with van der Waals surface area (Å²) in [7, 11) is 0. The average Bonchev–Trinajstić information content (AvgIpc) is 2.41. The van der Waals surface area contributed by atoms with Crippen LogP contribution in [0.25, 0.3) is 0 Å². The SMILES string of the molecule is CC(C)(C)NC(=O)CNC(=O)c1cccc(C#CCN)c1. The van der Waals surface area contributed by atoms with E-state index in [1.165, 1.54) is 0 Å². The fourth-order valence-corrected chi connectivity index (χ4v) is 1.62. The molecule has 0 aliphatic rings. The molecule has 0 atom stereocenters. The molecule has 0 radical (unpaired) electrons. The Labute approximate surface area is 125 Å². The van der Waals surface area contributed by atoms with Crippen molar-refractivity contribution in [2.75, 3.05) is 13.1 Å². The average molecular weight is 287 g/mol. The fraction of sp³-hybridized carbons (Fsp3) is 0.375. The molecule has 1 aromatic carbocycles. The van der Waals surface area contributed by atoms with Crippen molar-refractivity contribution in [3.8, 4) is 11.8 Å². The van der Waals surface area contributed by atoms with Crippen LogP contribution in [0.4, 0.5) is 0 Å². The first kappa shape index (κ1) is 16.7. The molecule has 2 amide bonds. The number of amides is 2. The highest BCUT2D eigenvalue weighted by atomic mass is 16.2. The van der Waals surface area contributed by atoms with Crippen LogP contribution in [0.15, 0.2) is 24.3 Å². The molecule has 0 aromatic heterocycles. The normalized spacial score (nSPS) is 10.3. The Morgan fingerprint density at radius 3 is 2.62 bits per heavy atom. The molecule has 0 spiro atoms. The molecule has 0 fully saturated rings. The van der Waals surface area contributed by atoms with Gasteiger partial charge in [-0.2, -0.15) is 0 Å². The largest absolute Gasteiger partial charge is 0.350 e. The molecule has 0 saturated carbocycles. The van der Waals surface area contributed by atoms with Crippen LogP contribution in [0.1, 0.15) is 36.7 Å². The molecule has 1 rings (SSSR count). The van der Waals surface area contributed by atoms with Crippen molar-refractivity contribution in [2.24, 2.45) is 5.73 Å². The first-order chi connectivity index (χ1) is 9.81. The maximum Gasteiger partial charge on any atom is 0.251 e. The molecule has 5 heteroatoms. The second-order valence-electron chi connectivity index (χ2n) is 5.57. The molecule has 0 heterocycles. The molecule has 1 aromatic rings. The first-order valence-electron chi connectivity index (χ1n) is 6.70. The van der Waals surface area contributed by atoms with E-state index in [9.17, 15) is 9.59 Å². The maximum absolute atomic E-state index is 12.0.